The highest BCUT2D eigenvalue weighted by atomic mass is 32.2. The molecule has 1 saturated heterocycles. The third-order valence-electron chi connectivity index (χ3n) is 6.15. The summed E-state index contributed by atoms with van der Waals surface area (Å²) in [6.07, 6.45) is 10.6. The minimum Gasteiger partial charge on any atom is -0.336 e. The Morgan fingerprint density at radius 3 is 2.63 bits per heavy atom. The molecule has 7 heteroatoms. The van der Waals surface area contributed by atoms with Crippen LogP contribution in [-0.2, 0) is 27.7 Å². The van der Waals surface area contributed by atoms with E-state index in [1.165, 1.54) is 12.0 Å². The monoisotopic (exact) mass is 427 g/mol. The number of likely N-dealkylation sites (tertiary alicyclic amines) is 1. The van der Waals surface area contributed by atoms with Gasteiger partial charge in [0.25, 0.3) is 0 Å². The smallest absolute Gasteiger partial charge is 0.240 e. The zero-order valence-electron chi connectivity index (χ0n) is 17.2. The van der Waals surface area contributed by atoms with Gasteiger partial charge in [0, 0.05) is 31.9 Å². The molecule has 4 rings (SSSR count). The van der Waals surface area contributed by atoms with Gasteiger partial charge in [0.15, 0.2) is 0 Å². The van der Waals surface area contributed by atoms with Gasteiger partial charge in [0.2, 0.25) is 15.9 Å². The first kappa shape index (κ1) is 21.0. The molecule has 160 valence electrons. The van der Waals surface area contributed by atoms with E-state index in [9.17, 15) is 13.2 Å². The highest BCUT2D eigenvalue weighted by Gasteiger charge is 2.29. The van der Waals surface area contributed by atoms with Crippen LogP contribution in [0.2, 0.25) is 0 Å². The molecule has 0 radical (unpaired) electrons. The summed E-state index contributed by atoms with van der Waals surface area (Å²) in [6, 6.07) is 9.48. The Bertz CT molecular complexity index is 992. The Morgan fingerprint density at radius 2 is 1.83 bits per heavy atom. The van der Waals surface area contributed by atoms with Gasteiger partial charge in [-0.25, -0.2) is 13.1 Å². The van der Waals surface area contributed by atoms with Crippen LogP contribution in [0.1, 0.15) is 61.3 Å². The Hall–Kier alpha value is -2.25. The number of pyridine rings is 1. The second-order valence-corrected chi connectivity index (χ2v) is 9.93. The summed E-state index contributed by atoms with van der Waals surface area (Å²) in [5.41, 5.74) is 3.53. The van der Waals surface area contributed by atoms with Crippen LogP contribution in [-0.4, -0.2) is 37.3 Å². The van der Waals surface area contributed by atoms with Crippen molar-refractivity contribution in [2.45, 2.75) is 62.3 Å². The van der Waals surface area contributed by atoms with Gasteiger partial charge in [-0.1, -0.05) is 6.07 Å². The summed E-state index contributed by atoms with van der Waals surface area (Å²) in [7, 11) is -3.55. The number of rotatable bonds is 7. The number of carbonyl (C=O) groups is 1. The maximum absolute atomic E-state index is 12.7. The van der Waals surface area contributed by atoms with Crippen LogP contribution in [0.25, 0.3) is 0 Å². The number of fused-ring (bicyclic) bond motifs is 1. The van der Waals surface area contributed by atoms with Crippen molar-refractivity contribution in [1.82, 2.24) is 14.6 Å². The molecular weight excluding hydrogens is 398 g/mol. The van der Waals surface area contributed by atoms with Crippen molar-refractivity contribution in [3.8, 4) is 0 Å². The standard InChI is InChI=1S/C23H29N3O3S/c27-23(26-16-4-7-22(26)19-11-14-24-15-12-19)8-3-13-25-30(28,29)21-10-9-18-5-1-2-6-20(18)17-21/h9-12,14-15,17,22,25H,1-8,13,16H2. The first-order valence-corrected chi connectivity index (χ1v) is 12.3. The number of hydrogen-bond acceptors (Lipinski definition) is 4. The van der Waals surface area contributed by atoms with Crippen LogP contribution < -0.4 is 4.72 Å². The van der Waals surface area contributed by atoms with Crippen molar-refractivity contribution in [3.05, 3.63) is 59.4 Å². The summed E-state index contributed by atoms with van der Waals surface area (Å²) >= 11 is 0. The lowest BCUT2D eigenvalue weighted by molar-refractivity contribution is -0.132. The van der Waals surface area contributed by atoms with Gasteiger partial charge >= 0.3 is 0 Å². The van der Waals surface area contributed by atoms with Crippen LogP contribution in [0.15, 0.2) is 47.6 Å². The molecule has 1 amide bonds. The SMILES string of the molecule is O=C(CCCNS(=O)(=O)c1ccc2c(c1)CCCC2)N1CCCC1c1ccncc1. The second-order valence-electron chi connectivity index (χ2n) is 8.16. The minimum atomic E-state index is -3.55. The van der Waals surface area contributed by atoms with Gasteiger partial charge in [0.1, 0.15) is 0 Å². The van der Waals surface area contributed by atoms with E-state index in [-0.39, 0.29) is 18.5 Å². The normalized spacial score (nSPS) is 18.9. The predicted molar refractivity (Wildman–Crippen MR) is 115 cm³/mol. The molecule has 1 aliphatic carbocycles. The molecule has 2 aliphatic rings. The number of aromatic nitrogens is 1. The van der Waals surface area contributed by atoms with Gasteiger partial charge in [-0.2, -0.15) is 0 Å². The van der Waals surface area contributed by atoms with Crippen LogP contribution in [0.4, 0.5) is 0 Å². The van der Waals surface area contributed by atoms with Crippen molar-refractivity contribution in [2.75, 3.05) is 13.1 Å². The van der Waals surface area contributed by atoms with Crippen LogP contribution in [0.5, 0.6) is 0 Å². The zero-order valence-corrected chi connectivity index (χ0v) is 18.0. The molecule has 1 aromatic carbocycles. The number of hydrogen-bond donors (Lipinski definition) is 1. The van der Waals surface area contributed by atoms with Gasteiger partial charge < -0.3 is 4.90 Å². The highest BCUT2D eigenvalue weighted by Crippen LogP contribution is 2.32. The third-order valence-corrected chi connectivity index (χ3v) is 7.61. The van der Waals surface area contributed by atoms with E-state index in [4.69, 9.17) is 0 Å². The van der Waals surface area contributed by atoms with Crippen LogP contribution in [0.3, 0.4) is 0 Å². The molecule has 1 N–H and O–H groups in total. The summed E-state index contributed by atoms with van der Waals surface area (Å²) < 4.78 is 28.0. The number of nitrogens with zero attached hydrogens (tertiary/aromatic N) is 2. The average molecular weight is 428 g/mol. The van der Waals surface area contributed by atoms with E-state index in [0.717, 1.165) is 49.8 Å². The van der Waals surface area contributed by atoms with E-state index >= 15 is 0 Å². The number of amides is 1. The van der Waals surface area contributed by atoms with E-state index in [0.29, 0.717) is 17.7 Å². The molecule has 1 unspecified atom stereocenters. The van der Waals surface area contributed by atoms with E-state index in [1.54, 1.807) is 18.5 Å². The topological polar surface area (TPSA) is 79.4 Å². The molecule has 1 fully saturated rings. The largest absolute Gasteiger partial charge is 0.336 e. The maximum atomic E-state index is 12.7. The van der Waals surface area contributed by atoms with Crippen molar-refractivity contribution < 1.29 is 13.2 Å². The molecule has 0 saturated carbocycles. The molecule has 2 heterocycles. The third kappa shape index (κ3) is 4.73. The second kappa shape index (κ2) is 9.27. The van der Waals surface area contributed by atoms with Gasteiger partial charge in [-0.15, -0.1) is 0 Å². The van der Waals surface area contributed by atoms with Gasteiger partial charge in [0.05, 0.1) is 10.9 Å². The Balaban J connectivity index is 1.29. The maximum Gasteiger partial charge on any atom is 0.240 e. The Kier molecular flexibility index (Phi) is 6.49. The van der Waals surface area contributed by atoms with Crippen LogP contribution in [0, 0.1) is 0 Å². The summed E-state index contributed by atoms with van der Waals surface area (Å²) in [4.78, 5) is 19.0. The quantitative estimate of drug-likeness (QED) is 0.687. The number of aryl methyl sites for hydroxylation is 2. The number of sulfonamides is 1. The number of carbonyl (C=O) groups excluding carboxylic acids is 1. The summed E-state index contributed by atoms with van der Waals surface area (Å²) in [5.74, 6) is 0.0855. The molecule has 1 atom stereocenters. The Labute approximate surface area is 178 Å². The first-order valence-electron chi connectivity index (χ1n) is 10.9. The van der Waals surface area contributed by atoms with Crippen molar-refractivity contribution in [2.24, 2.45) is 0 Å². The van der Waals surface area contributed by atoms with E-state index in [1.807, 2.05) is 29.2 Å². The molecule has 6 nitrogen and oxygen atoms in total. The fourth-order valence-electron chi connectivity index (χ4n) is 4.55. The van der Waals surface area contributed by atoms with Gasteiger partial charge in [-0.05, 0) is 85.9 Å². The predicted octanol–water partition coefficient (Wildman–Crippen LogP) is 3.38. The van der Waals surface area contributed by atoms with Gasteiger partial charge in [-0.3, -0.25) is 9.78 Å². The van der Waals surface area contributed by atoms with Crippen LogP contribution >= 0.6 is 0 Å². The fraction of sp³-hybridized carbons (Fsp3) is 0.478. The highest BCUT2D eigenvalue weighted by molar-refractivity contribution is 7.89. The van der Waals surface area contributed by atoms with E-state index in [2.05, 4.69) is 9.71 Å². The molecule has 1 aliphatic heterocycles. The van der Waals surface area contributed by atoms with Crippen molar-refractivity contribution in [3.63, 3.8) is 0 Å². The fourth-order valence-corrected chi connectivity index (χ4v) is 5.67. The molecule has 0 spiro atoms. The van der Waals surface area contributed by atoms with E-state index < -0.39 is 10.0 Å². The first-order chi connectivity index (χ1) is 14.5. The number of nitrogens with one attached hydrogen (secondary N) is 1. The zero-order chi connectivity index (χ0) is 21.0. The molecule has 30 heavy (non-hydrogen) atoms. The molecule has 0 bridgehead atoms. The molecule has 2 aromatic rings. The molecule has 1 aromatic heterocycles. The molecular formula is C23H29N3O3S. The minimum absolute atomic E-state index is 0.0855. The Morgan fingerprint density at radius 1 is 1.07 bits per heavy atom. The van der Waals surface area contributed by atoms with Crippen molar-refractivity contribution >= 4 is 15.9 Å². The average Bonchev–Trinajstić information content (AvgIpc) is 3.27. The lowest BCUT2D eigenvalue weighted by Gasteiger charge is -2.25. The lowest BCUT2D eigenvalue weighted by atomic mass is 9.92. The number of benzene rings is 1. The summed E-state index contributed by atoms with van der Waals surface area (Å²) in [6.45, 7) is 1.02. The summed E-state index contributed by atoms with van der Waals surface area (Å²) in [5, 5.41) is 0. The van der Waals surface area contributed by atoms with Crippen molar-refractivity contribution in [1.29, 1.82) is 0 Å². The lowest BCUT2D eigenvalue weighted by Crippen LogP contribution is -2.31.